The predicted octanol–water partition coefficient (Wildman–Crippen LogP) is 2.71. The van der Waals surface area contributed by atoms with Crippen LogP contribution in [0.15, 0.2) is 30.3 Å². The summed E-state index contributed by atoms with van der Waals surface area (Å²) in [5, 5.41) is 10.2. The van der Waals surface area contributed by atoms with E-state index in [-0.39, 0.29) is 13.1 Å². The van der Waals surface area contributed by atoms with Crippen molar-refractivity contribution in [2.45, 2.75) is 38.9 Å². The highest BCUT2D eigenvalue weighted by atomic mass is 19.2. The Morgan fingerprint density at radius 3 is 2.43 bits per heavy atom. The molecule has 2 unspecified atom stereocenters. The number of likely N-dealkylation sites (tertiary alicyclic amines) is 1. The van der Waals surface area contributed by atoms with Crippen molar-refractivity contribution in [3.8, 4) is 0 Å². The van der Waals surface area contributed by atoms with Crippen molar-refractivity contribution in [3.05, 3.63) is 30.3 Å². The Morgan fingerprint density at radius 2 is 1.81 bits per heavy atom. The van der Waals surface area contributed by atoms with Gasteiger partial charge in [-0.2, -0.15) is 4.39 Å². The number of halogens is 1. The minimum atomic E-state index is -2.85. The van der Waals surface area contributed by atoms with E-state index in [0.29, 0.717) is 18.0 Å². The van der Waals surface area contributed by atoms with Gasteiger partial charge in [0.25, 0.3) is 0 Å². The fraction of sp³-hybridized carbons (Fsp3) is 0.533. The van der Waals surface area contributed by atoms with Crippen LogP contribution >= 0.6 is 0 Å². The molecular weight excluding hydrogens is 275 g/mol. The fourth-order valence-corrected chi connectivity index (χ4v) is 2.78. The Morgan fingerprint density at radius 1 is 1.19 bits per heavy atom. The molecule has 3 rings (SSSR count). The number of carbonyl (C=O) groups is 1. The van der Waals surface area contributed by atoms with Crippen LogP contribution in [0.3, 0.4) is 0 Å². The number of hydrogen-bond acceptors (Lipinski definition) is 4. The molecule has 0 aromatic heterocycles. The Kier molecular flexibility index (Phi) is 4.49. The summed E-state index contributed by atoms with van der Waals surface area (Å²) < 4.78 is 19.8. The molecule has 0 aliphatic carbocycles. The third-order valence-corrected chi connectivity index (χ3v) is 3.76. The van der Waals surface area contributed by atoms with Crippen LogP contribution in [0.1, 0.15) is 26.7 Å². The topological polar surface area (TPSA) is 53.0 Å². The third-order valence-electron chi connectivity index (χ3n) is 3.76. The predicted molar refractivity (Wildman–Crippen MR) is 77.4 cm³/mol. The molecule has 1 aromatic rings. The second kappa shape index (κ2) is 5.99. The van der Waals surface area contributed by atoms with Gasteiger partial charge in [-0.15, -0.1) is 0 Å². The molecule has 6 heteroatoms. The Hall–Kier alpha value is -1.66. The number of nitrogens with zero attached hydrogens (tertiary/aromatic N) is 2. The van der Waals surface area contributed by atoms with E-state index in [4.69, 9.17) is 4.74 Å². The molecule has 2 aliphatic heterocycles. The molecule has 5 nitrogen and oxygen atoms in total. The van der Waals surface area contributed by atoms with E-state index in [0.717, 1.165) is 19.3 Å². The van der Waals surface area contributed by atoms with Crippen LogP contribution in [-0.4, -0.2) is 41.4 Å². The van der Waals surface area contributed by atoms with E-state index in [9.17, 15) is 14.3 Å². The molecule has 116 valence electrons. The quantitative estimate of drug-likeness (QED) is 0.853. The van der Waals surface area contributed by atoms with Gasteiger partial charge in [0.15, 0.2) is 0 Å². The number of hydrogen-bond donors (Lipinski definition) is 1. The van der Waals surface area contributed by atoms with E-state index in [2.05, 4.69) is 0 Å². The van der Waals surface area contributed by atoms with Crippen LogP contribution in [0, 0.1) is 0 Å². The summed E-state index contributed by atoms with van der Waals surface area (Å²) in [5.74, 6) is -2.85. The Bertz CT molecular complexity index is 489. The summed E-state index contributed by atoms with van der Waals surface area (Å²) in [4.78, 5) is 14.3. The molecule has 2 atom stereocenters. The minimum Gasteiger partial charge on any atom is -0.421 e. The van der Waals surface area contributed by atoms with Crippen molar-refractivity contribution in [1.29, 1.82) is 0 Å². The molecule has 0 spiro atoms. The maximum atomic E-state index is 14.8. The number of cyclic esters (lactones) is 1. The summed E-state index contributed by atoms with van der Waals surface area (Å²) in [6, 6.07) is 8.22. The molecule has 2 heterocycles. The molecule has 2 fully saturated rings. The summed E-state index contributed by atoms with van der Waals surface area (Å²) >= 11 is 0. The van der Waals surface area contributed by atoms with Gasteiger partial charge in [-0.05, 0) is 25.0 Å². The maximum absolute atomic E-state index is 14.8. The lowest BCUT2D eigenvalue weighted by Crippen LogP contribution is -2.55. The van der Waals surface area contributed by atoms with Crippen LogP contribution in [0.4, 0.5) is 14.9 Å². The average Bonchev–Trinajstić information content (AvgIpc) is 2.70. The van der Waals surface area contributed by atoms with E-state index >= 15 is 0 Å². The monoisotopic (exact) mass is 296 g/mol. The highest BCUT2D eigenvalue weighted by Gasteiger charge is 2.58. The number of benzene rings is 1. The molecular formula is C15H21FN2O3. The van der Waals surface area contributed by atoms with E-state index < -0.39 is 18.3 Å². The third kappa shape index (κ3) is 2.73. The van der Waals surface area contributed by atoms with Gasteiger partial charge < -0.3 is 9.84 Å². The van der Waals surface area contributed by atoms with Gasteiger partial charge in [0, 0.05) is 13.1 Å². The van der Waals surface area contributed by atoms with Gasteiger partial charge in [0.1, 0.15) is 0 Å². The normalized spacial score (nSPS) is 29.9. The van der Waals surface area contributed by atoms with Gasteiger partial charge in [-0.3, -0.25) is 4.90 Å². The molecule has 1 amide bonds. The molecule has 0 saturated carbocycles. The van der Waals surface area contributed by atoms with Crippen molar-refractivity contribution in [3.63, 3.8) is 0 Å². The SMILES string of the molecule is C.O=C1OC(N2CCCCC2)C(O)(F)N1c1ccccc1. The van der Waals surface area contributed by atoms with Crippen molar-refractivity contribution in [1.82, 2.24) is 4.90 Å². The largest absolute Gasteiger partial charge is 0.421 e. The molecule has 1 N–H and O–H groups in total. The number of anilines is 1. The van der Waals surface area contributed by atoms with E-state index in [1.165, 1.54) is 0 Å². The van der Waals surface area contributed by atoms with Crippen LogP contribution in [0.2, 0.25) is 0 Å². The van der Waals surface area contributed by atoms with E-state index in [1.807, 2.05) is 0 Å². The molecule has 21 heavy (non-hydrogen) atoms. The summed E-state index contributed by atoms with van der Waals surface area (Å²) in [7, 11) is 0. The highest BCUT2D eigenvalue weighted by Crippen LogP contribution is 2.37. The Labute approximate surface area is 123 Å². The number of alkyl halides is 1. The van der Waals surface area contributed by atoms with Gasteiger partial charge in [0.05, 0.1) is 5.69 Å². The molecule has 0 radical (unpaired) electrons. The van der Waals surface area contributed by atoms with Crippen molar-refractivity contribution in [2.24, 2.45) is 0 Å². The van der Waals surface area contributed by atoms with Gasteiger partial charge >= 0.3 is 12.1 Å². The smallest absolute Gasteiger partial charge is 0.420 e. The lowest BCUT2D eigenvalue weighted by Gasteiger charge is -2.35. The van der Waals surface area contributed by atoms with Crippen molar-refractivity contribution >= 4 is 11.8 Å². The average molecular weight is 296 g/mol. The summed E-state index contributed by atoms with van der Waals surface area (Å²) in [5.41, 5.74) is 0.280. The number of ether oxygens (including phenoxy) is 1. The summed E-state index contributed by atoms with van der Waals surface area (Å²) in [6.45, 7) is 1.24. The Balaban J connectivity index is 0.00000161. The standard InChI is InChI=1S/C14H17FN2O3.CH4/c15-14(19)12(16-9-5-2-6-10-16)20-13(18)17(14)11-7-3-1-4-8-11;/h1,3-4,7-8,12,19H,2,5-6,9-10H2;1H4. The maximum Gasteiger partial charge on any atom is 0.420 e. The highest BCUT2D eigenvalue weighted by molar-refractivity contribution is 5.90. The van der Waals surface area contributed by atoms with E-state index in [1.54, 1.807) is 35.2 Å². The van der Waals surface area contributed by atoms with Crippen LogP contribution < -0.4 is 4.90 Å². The van der Waals surface area contributed by atoms with Gasteiger partial charge in [0.2, 0.25) is 6.23 Å². The lowest BCUT2D eigenvalue weighted by molar-refractivity contribution is -0.186. The zero-order valence-corrected chi connectivity index (χ0v) is 11.0. The zero-order chi connectivity index (χ0) is 14.2. The van der Waals surface area contributed by atoms with Crippen molar-refractivity contribution < 1.29 is 19.0 Å². The number of carbonyl (C=O) groups excluding carboxylic acids is 1. The molecule has 2 saturated heterocycles. The molecule has 1 aromatic carbocycles. The first-order chi connectivity index (χ1) is 9.60. The first kappa shape index (κ1) is 15.7. The summed E-state index contributed by atoms with van der Waals surface area (Å²) in [6.07, 6.45) is 0.766. The second-order valence-electron chi connectivity index (χ2n) is 5.14. The number of amides is 1. The fourth-order valence-electron chi connectivity index (χ4n) is 2.78. The minimum absolute atomic E-state index is 0. The van der Waals surface area contributed by atoms with Crippen LogP contribution in [-0.2, 0) is 4.74 Å². The number of para-hydroxylation sites is 1. The first-order valence-corrected chi connectivity index (χ1v) is 6.82. The van der Waals surface area contributed by atoms with Crippen LogP contribution in [0.25, 0.3) is 0 Å². The molecule has 0 bridgehead atoms. The molecule has 2 aliphatic rings. The first-order valence-electron chi connectivity index (χ1n) is 6.82. The van der Waals surface area contributed by atoms with Crippen molar-refractivity contribution in [2.75, 3.05) is 18.0 Å². The number of piperidine rings is 1. The number of rotatable bonds is 2. The van der Waals surface area contributed by atoms with Crippen LogP contribution in [0.5, 0.6) is 0 Å². The second-order valence-corrected chi connectivity index (χ2v) is 5.14. The lowest BCUT2D eigenvalue weighted by atomic mass is 10.1. The van der Waals surface area contributed by atoms with Gasteiger partial charge in [-0.25, -0.2) is 9.69 Å². The van der Waals surface area contributed by atoms with Gasteiger partial charge in [-0.1, -0.05) is 32.0 Å². The zero-order valence-electron chi connectivity index (χ0n) is 11.0. The number of aliphatic hydroxyl groups is 1.